The number of ether oxygens (including phenoxy) is 1. The Kier molecular flexibility index (Phi) is 6.77. The molecule has 1 rings (SSSR count). The van der Waals surface area contributed by atoms with Crippen molar-refractivity contribution in [3.63, 3.8) is 0 Å². The van der Waals surface area contributed by atoms with Gasteiger partial charge in [0.05, 0.1) is 0 Å². The number of hydrogen-bond acceptors (Lipinski definition) is 4. The van der Waals surface area contributed by atoms with Gasteiger partial charge in [0.2, 0.25) is 0 Å². The molecular weight excluding hydrogens is 313 g/mol. The molecule has 0 aliphatic carbocycles. The normalized spacial score (nSPS) is 11.3. The molecule has 1 amide bonds. The van der Waals surface area contributed by atoms with Crippen molar-refractivity contribution in [1.82, 2.24) is 10.2 Å². The molecule has 0 unspecified atom stereocenters. The fraction of sp³-hybridized carbons (Fsp3) is 0.333. The van der Waals surface area contributed by atoms with E-state index < -0.39 is 41.3 Å². The van der Waals surface area contributed by atoms with Gasteiger partial charge in [0.25, 0.3) is 5.91 Å². The third kappa shape index (κ3) is 5.41. The van der Waals surface area contributed by atoms with E-state index in [-0.39, 0.29) is 12.2 Å². The first-order chi connectivity index (χ1) is 10.8. The van der Waals surface area contributed by atoms with Crippen LogP contribution in [0.1, 0.15) is 5.56 Å². The summed E-state index contributed by atoms with van der Waals surface area (Å²) in [6.07, 6.45) is 1.27. The lowest BCUT2D eigenvalue weighted by Gasteiger charge is -2.12. The monoisotopic (exact) mass is 330 g/mol. The Hall–Kier alpha value is -2.35. The van der Waals surface area contributed by atoms with Gasteiger partial charge in [-0.1, -0.05) is 0 Å². The van der Waals surface area contributed by atoms with Crippen LogP contribution in [-0.2, 0) is 20.9 Å². The summed E-state index contributed by atoms with van der Waals surface area (Å²) in [7, 11) is 4.51. The second-order valence-electron chi connectivity index (χ2n) is 4.89. The van der Waals surface area contributed by atoms with E-state index in [4.69, 9.17) is 0 Å². The summed E-state index contributed by atoms with van der Waals surface area (Å²) < 4.78 is 44.5. The number of Topliss-reactive ketones (excluding diaryl/α,β-unsaturated/α-hetero) is 1. The van der Waals surface area contributed by atoms with Gasteiger partial charge < -0.3 is 15.0 Å². The van der Waals surface area contributed by atoms with Crippen LogP contribution in [0.5, 0.6) is 0 Å². The summed E-state index contributed by atoms with van der Waals surface area (Å²) in [5, 5.41) is 2.23. The van der Waals surface area contributed by atoms with Crippen LogP contribution in [0.2, 0.25) is 0 Å². The molecule has 126 valence electrons. The zero-order valence-corrected chi connectivity index (χ0v) is 13.0. The number of halogens is 3. The third-order valence-corrected chi connectivity index (χ3v) is 2.74. The molecule has 0 saturated carbocycles. The summed E-state index contributed by atoms with van der Waals surface area (Å²) >= 11 is 0. The van der Waals surface area contributed by atoms with E-state index in [0.717, 1.165) is 0 Å². The smallest absolute Gasteiger partial charge is 0.256 e. The van der Waals surface area contributed by atoms with E-state index in [9.17, 15) is 22.8 Å². The maximum atomic E-state index is 13.5. The zero-order chi connectivity index (χ0) is 17.6. The van der Waals surface area contributed by atoms with E-state index in [1.807, 2.05) is 0 Å². The quantitative estimate of drug-likeness (QED) is 0.466. The molecule has 1 aromatic rings. The summed E-state index contributed by atoms with van der Waals surface area (Å²) in [5.74, 6) is -4.70. The van der Waals surface area contributed by atoms with Crippen LogP contribution in [0.4, 0.5) is 13.2 Å². The summed E-state index contributed by atoms with van der Waals surface area (Å²) in [5.41, 5.74) is -0.720. The zero-order valence-electron chi connectivity index (χ0n) is 13.0. The van der Waals surface area contributed by atoms with Crippen LogP contribution in [0.25, 0.3) is 0 Å². The van der Waals surface area contributed by atoms with Gasteiger partial charge in [0, 0.05) is 51.6 Å². The summed E-state index contributed by atoms with van der Waals surface area (Å²) in [6.45, 7) is -0.839. The standard InChI is InChI=1S/C15H17F3N2O3/c1-20(2)7-11(14(21)8-23-3)15(22)19-6-10-12(17)4-9(16)5-13(10)18/h4-5,7H,6,8H2,1-3H3,(H,19,22)/b11-7-. The number of carbonyl (C=O) groups excluding carboxylic acids is 2. The van der Waals surface area contributed by atoms with E-state index in [1.165, 1.54) is 18.2 Å². The Bertz CT molecular complexity index is 607. The number of ketones is 1. The number of nitrogens with one attached hydrogen (secondary N) is 1. The van der Waals surface area contributed by atoms with Crippen LogP contribution < -0.4 is 5.32 Å². The maximum absolute atomic E-state index is 13.5. The average Bonchev–Trinajstić information content (AvgIpc) is 2.43. The Morgan fingerprint density at radius 2 is 1.78 bits per heavy atom. The minimum absolute atomic E-state index is 0.222. The van der Waals surface area contributed by atoms with Crippen LogP contribution in [0.15, 0.2) is 23.9 Å². The SMILES string of the molecule is COCC(=O)/C(=C/N(C)C)C(=O)NCc1c(F)cc(F)cc1F. The predicted octanol–water partition coefficient (Wildman–Crippen LogP) is 1.38. The average molecular weight is 330 g/mol. The fourth-order valence-electron chi connectivity index (χ4n) is 1.73. The van der Waals surface area contributed by atoms with Crippen molar-refractivity contribution in [2.45, 2.75) is 6.54 Å². The lowest BCUT2D eigenvalue weighted by Crippen LogP contribution is -2.31. The van der Waals surface area contributed by atoms with Gasteiger partial charge >= 0.3 is 0 Å². The molecule has 0 spiro atoms. The van der Waals surface area contributed by atoms with Crippen molar-refractivity contribution >= 4 is 11.7 Å². The van der Waals surface area contributed by atoms with Crippen molar-refractivity contribution in [3.8, 4) is 0 Å². The second kappa shape index (κ2) is 8.33. The van der Waals surface area contributed by atoms with Crippen LogP contribution in [-0.4, -0.2) is 44.4 Å². The molecule has 0 atom stereocenters. The highest BCUT2D eigenvalue weighted by Crippen LogP contribution is 2.14. The first-order valence-corrected chi connectivity index (χ1v) is 6.58. The van der Waals surface area contributed by atoms with Crippen molar-refractivity contribution in [3.05, 3.63) is 46.9 Å². The number of rotatable bonds is 7. The van der Waals surface area contributed by atoms with Gasteiger partial charge in [-0.15, -0.1) is 0 Å². The van der Waals surface area contributed by atoms with Gasteiger partial charge in [-0.05, 0) is 0 Å². The Morgan fingerprint density at radius 3 is 2.26 bits per heavy atom. The molecule has 0 aliphatic rings. The predicted molar refractivity (Wildman–Crippen MR) is 76.8 cm³/mol. The number of methoxy groups -OCH3 is 1. The second-order valence-corrected chi connectivity index (χ2v) is 4.89. The van der Waals surface area contributed by atoms with Crippen molar-refractivity contribution in [2.24, 2.45) is 0 Å². The molecule has 0 aliphatic heterocycles. The molecule has 23 heavy (non-hydrogen) atoms. The molecule has 0 bridgehead atoms. The molecule has 0 heterocycles. The largest absolute Gasteiger partial charge is 0.383 e. The molecule has 5 nitrogen and oxygen atoms in total. The van der Waals surface area contributed by atoms with Crippen LogP contribution >= 0.6 is 0 Å². The topological polar surface area (TPSA) is 58.6 Å². The lowest BCUT2D eigenvalue weighted by atomic mass is 10.1. The highest BCUT2D eigenvalue weighted by Gasteiger charge is 2.20. The molecule has 0 saturated heterocycles. The number of carbonyl (C=O) groups is 2. The third-order valence-electron chi connectivity index (χ3n) is 2.74. The number of hydrogen-bond donors (Lipinski definition) is 1. The number of nitrogens with zero attached hydrogens (tertiary/aromatic N) is 1. The number of amides is 1. The van der Waals surface area contributed by atoms with Gasteiger partial charge in [-0.3, -0.25) is 9.59 Å². The first kappa shape index (κ1) is 18.7. The van der Waals surface area contributed by atoms with Gasteiger partial charge in [-0.25, -0.2) is 13.2 Å². The van der Waals surface area contributed by atoms with Crippen LogP contribution in [0.3, 0.4) is 0 Å². The highest BCUT2D eigenvalue weighted by molar-refractivity contribution is 6.19. The number of benzene rings is 1. The minimum Gasteiger partial charge on any atom is -0.383 e. The van der Waals surface area contributed by atoms with E-state index in [1.54, 1.807) is 14.1 Å². The van der Waals surface area contributed by atoms with Crippen molar-refractivity contribution in [1.29, 1.82) is 0 Å². The van der Waals surface area contributed by atoms with E-state index >= 15 is 0 Å². The fourth-order valence-corrected chi connectivity index (χ4v) is 1.73. The molecule has 8 heteroatoms. The summed E-state index contributed by atoms with van der Waals surface area (Å²) in [6, 6.07) is 1.02. The van der Waals surface area contributed by atoms with Crippen molar-refractivity contribution in [2.75, 3.05) is 27.8 Å². The first-order valence-electron chi connectivity index (χ1n) is 6.58. The lowest BCUT2D eigenvalue weighted by molar-refractivity contribution is -0.124. The van der Waals surface area contributed by atoms with E-state index in [0.29, 0.717) is 12.1 Å². The molecular formula is C15H17F3N2O3. The maximum Gasteiger partial charge on any atom is 0.256 e. The van der Waals surface area contributed by atoms with Gasteiger partial charge in [0.1, 0.15) is 29.6 Å². The minimum atomic E-state index is -1.12. The highest BCUT2D eigenvalue weighted by atomic mass is 19.1. The molecule has 0 radical (unpaired) electrons. The Labute approximate surface area is 131 Å². The molecule has 0 fully saturated rings. The van der Waals surface area contributed by atoms with Gasteiger partial charge in [-0.2, -0.15) is 0 Å². The molecule has 1 N–H and O–H groups in total. The molecule has 1 aromatic carbocycles. The van der Waals surface area contributed by atoms with Gasteiger partial charge in [0.15, 0.2) is 5.78 Å². The Morgan fingerprint density at radius 1 is 1.22 bits per heavy atom. The summed E-state index contributed by atoms with van der Waals surface area (Å²) in [4.78, 5) is 25.4. The van der Waals surface area contributed by atoms with E-state index in [2.05, 4.69) is 10.1 Å². The Balaban J connectivity index is 2.90. The van der Waals surface area contributed by atoms with Crippen molar-refractivity contribution < 1.29 is 27.5 Å². The molecule has 0 aromatic heterocycles. The van der Waals surface area contributed by atoms with Crippen LogP contribution in [0, 0.1) is 17.5 Å².